The van der Waals surface area contributed by atoms with Crippen LogP contribution in [0.3, 0.4) is 0 Å². The van der Waals surface area contributed by atoms with Crippen LogP contribution in [0.4, 0.5) is 0 Å². The van der Waals surface area contributed by atoms with Crippen molar-refractivity contribution in [2.75, 3.05) is 0 Å². The molecule has 0 unspecified atom stereocenters. The fourth-order valence-electron chi connectivity index (χ4n) is 1.11. The van der Waals surface area contributed by atoms with Gasteiger partial charge in [0.05, 0.1) is 6.26 Å². The number of sulfonamides is 1. The van der Waals surface area contributed by atoms with Crippen LogP contribution in [0.1, 0.15) is 15.9 Å². The summed E-state index contributed by atoms with van der Waals surface area (Å²) in [6, 6.07) is 0. The van der Waals surface area contributed by atoms with Gasteiger partial charge in [0, 0.05) is 5.56 Å². The third-order valence-electron chi connectivity index (χ3n) is 1.64. The van der Waals surface area contributed by atoms with Crippen molar-refractivity contribution in [1.29, 1.82) is 0 Å². The van der Waals surface area contributed by atoms with Gasteiger partial charge in [-0.1, -0.05) is 0 Å². The summed E-state index contributed by atoms with van der Waals surface area (Å²) in [5, 5.41) is -0.273. The summed E-state index contributed by atoms with van der Waals surface area (Å²) in [5.74, 6) is -0.615. The van der Waals surface area contributed by atoms with Gasteiger partial charge in [0.15, 0.2) is 0 Å². The number of amides is 1. The SMILES string of the molecule is Cc1coc2c1C(=O)NS2(=O)=O.[NaH]. The molecule has 0 bridgehead atoms. The molecule has 1 N–H and O–H groups in total. The summed E-state index contributed by atoms with van der Waals surface area (Å²) in [6.07, 6.45) is 1.25. The Morgan fingerprint density at radius 1 is 1.46 bits per heavy atom. The molecule has 2 rings (SSSR count). The predicted molar refractivity (Wildman–Crippen MR) is 45.2 cm³/mol. The zero-order valence-corrected chi connectivity index (χ0v) is 6.94. The second-order valence-electron chi connectivity index (χ2n) is 2.52. The number of hydrogen-bond acceptors (Lipinski definition) is 4. The molecule has 5 nitrogen and oxygen atoms in total. The van der Waals surface area contributed by atoms with Crippen molar-refractivity contribution in [1.82, 2.24) is 4.72 Å². The first kappa shape index (κ1) is 10.8. The predicted octanol–water partition coefficient (Wildman–Crippen LogP) is -0.628. The van der Waals surface area contributed by atoms with E-state index < -0.39 is 15.9 Å². The van der Waals surface area contributed by atoms with Crippen LogP contribution in [-0.2, 0) is 10.0 Å². The number of aryl methyl sites for hydroxylation is 1. The van der Waals surface area contributed by atoms with Gasteiger partial charge in [0.2, 0.25) is 0 Å². The average molecular weight is 211 g/mol. The van der Waals surface area contributed by atoms with Crippen molar-refractivity contribution in [2.45, 2.75) is 12.0 Å². The van der Waals surface area contributed by atoms with Crippen molar-refractivity contribution in [3.05, 3.63) is 17.4 Å². The van der Waals surface area contributed by atoms with E-state index in [1.165, 1.54) is 6.26 Å². The molecule has 0 aliphatic carbocycles. The first-order valence-corrected chi connectivity index (χ1v) is 4.66. The van der Waals surface area contributed by atoms with Gasteiger partial charge in [-0.05, 0) is 6.92 Å². The Balaban J connectivity index is 0.000000845. The maximum absolute atomic E-state index is 11.1. The van der Waals surface area contributed by atoms with Crippen LogP contribution in [0.2, 0.25) is 0 Å². The van der Waals surface area contributed by atoms with Crippen LogP contribution in [0.15, 0.2) is 15.8 Å². The molecule has 1 aromatic heterocycles. The number of carbonyl (C=O) groups excluding carboxylic acids is 1. The Kier molecular flexibility index (Phi) is 2.59. The van der Waals surface area contributed by atoms with E-state index in [1.807, 2.05) is 4.72 Å². The van der Waals surface area contributed by atoms with Gasteiger partial charge in [0.25, 0.3) is 21.0 Å². The Morgan fingerprint density at radius 3 is 2.62 bits per heavy atom. The second kappa shape index (κ2) is 3.13. The number of nitrogens with one attached hydrogen (secondary N) is 1. The Morgan fingerprint density at radius 2 is 2.08 bits per heavy atom. The zero-order chi connectivity index (χ0) is 8.93. The third-order valence-corrected chi connectivity index (χ3v) is 2.88. The van der Waals surface area contributed by atoms with Gasteiger partial charge in [-0.15, -0.1) is 0 Å². The first-order chi connectivity index (χ1) is 5.52. The minimum atomic E-state index is -3.70. The summed E-state index contributed by atoms with van der Waals surface area (Å²) in [5.41, 5.74) is 0.651. The van der Waals surface area contributed by atoms with Crippen LogP contribution in [0.5, 0.6) is 0 Å². The molecule has 0 spiro atoms. The summed E-state index contributed by atoms with van der Waals surface area (Å²) in [7, 11) is -3.70. The van der Waals surface area contributed by atoms with Crippen molar-refractivity contribution < 1.29 is 17.6 Å². The molecule has 1 amide bonds. The number of carbonyl (C=O) groups is 1. The van der Waals surface area contributed by atoms with Crippen LogP contribution in [-0.4, -0.2) is 43.9 Å². The van der Waals surface area contributed by atoms with E-state index in [2.05, 4.69) is 0 Å². The van der Waals surface area contributed by atoms with E-state index in [9.17, 15) is 13.2 Å². The van der Waals surface area contributed by atoms with E-state index >= 15 is 0 Å². The molecule has 0 saturated heterocycles. The second-order valence-corrected chi connectivity index (χ2v) is 4.10. The van der Waals surface area contributed by atoms with Gasteiger partial charge in [-0.2, -0.15) is 8.42 Å². The quantitative estimate of drug-likeness (QED) is 0.580. The molecule has 0 atom stereocenters. The number of hydrogen-bond donors (Lipinski definition) is 1. The molecule has 66 valence electrons. The molecular formula is C6H6NNaO4S. The monoisotopic (exact) mass is 211 g/mol. The molecule has 2 heterocycles. The third kappa shape index (κ3) is 1.43. The number of rotatable bonds is 0. The molecule has 1 aliphatic heterocycles. The Hall–Kier alpha value is -0.300. The molecule has 0 aromatic carbocycles. The molecule has 13 heavy (non-hydrogen) atoms. The average Bonchev–Trinajstić information content (AvgIpc) is 2.38. The van der Waals surface area contributed by atoms with Gasteiger partial charge in [0.1, 0.15) is 5.56 Å². The van der Waals surface area contributed by atoms with Crippen LogP contribution >= 0.6 is 0 Å². The van der Waals surface area contributed by atoms with Crippen molar-refractivity contribution in [3.8, 4) is 0 Å². The fraction of sp³-hybridized carbons (Fsp3) is 0.167. The van der Waals surface area contributed by atoms with E-state index in [0.717, 1.165) is 0 Å². The van der Waals surface area contributed by atoms with Gasteiger partial charge >= 0.3 is 29.6 Å². The molecular weight excluding hydrogens is 205 g/mol. The van der Waals surface area contributed by atoms with E-state index in [4.69, 9.17) is 4.42 Å². The van der Waals surface area contributed by atoms with E-state index in [-0.39, 0.29) is 40.2 Å². The molecule has 0 fully saturated rings. The maximum atomic E-state index is 11.1. The summed E-state index contributed by atoms with van der Waals surface area (Å²) in [6.45, 7) is 1.61. The van der Waals surface area contributed by atoms with E-state index in [1.54, 1.807) is 6.92 Å². The Bertz CT molecular complexity index is 461. The standard InChI is InChI=1S/C6H5NO4S.Na.H/c1-3-2-11-6-4(3)5(8)7-12(6,9)10;;/h2H,1H3,(H,7,8);;. The van der Waals surface area contributed by atoms with E-state index in [0.29, 0.717) is 5.56 Å². The molecule has 1 aliphatic rings. The molecule has 0 saturated carbocycles. The fourth-order valence-corrected chi connectivity index (χ4v) is 2.25. The topological polar surface area (TPSA) is 76.4 Å². The molecule has 1 aromatic rings. The minimum absolute atomic E-state index is 0. The van der Waals surface area contributed by atoms with Gasteiger partial charge in [-0.25, -0.2) is 4.72 Å². The Labute approximate surface area is 96.8 Å². The van der Waals surface area contributed by atoms with Crippen molar-refractivity contribution in [2.24, 2.45) is 0 Å². The zero-order valence-electron chi connectivity index (χ0n) is 6.12. The number of fused-ring (bicyclic) bond motifs is 1. The van der Waals surface area contributed by atoms with Crippen LogP contribution in [0, 0.1) is 6.92 Å². The normalized spacial score (nSPS) is 17.5. The van der Waals surface area contributed by atoms with Crippen molar-refractivity contribution >= 4 is 45.5 Å². The summed E-state index contributed by atoms with van der Waals surface area (Å²) < 4.78 is 28.6. The molecule has 7 heteroatoms. The first-order valence-electron chi connectivity index (χ1n) is 3.17. The van der Waals surface area contributed by atoms with Crippen LogP contribution in [0.25, 0.3) is 0 Å². The van der Waals surface area contributed by atoms with Crippen LogP contribution < -0.4 is 4.72 Å². The summed E-state index contributed by atoms with van der Waals surface area (Å²) in [4.78, 5) is 11.0. The molecule has 0 radical (unpaired) electrons. The summed E-state index contributed by atoms with van der Waals surface area (Å²) >= 11 is 0. The van der Waals surface area contributed by atoms with Crippen molar-refractivity contribution in [3.63, 3.8) is 0 Å². The van der Waals surface area contributed by atoms with Gasteiger partial charge < -0.3 is 4.42 Å². The van der Waals surface area contributed by atoms with Gasteiger partial charge in [-0.3, -0.25) is 4.79 Å². The number of furan rings is 1.